The SMILES string of the molecule is C=CCN(C)C(=O)[C@@H]1[C@H]2C(=O)N([C@@H](CO)CC(C)C)C(C(=O)N(CC=C)CCCC)C23CC[C@@]1(C)S3. The molecule has 3 aliphatic heterocycles. The number of nitrogens with zero attached hydrogens (tertiary/aromatic N) is 3. The van der Waals surface area contributed by atoms with Crippen LogP contribution in [-0.2, 0) is 14.4 Å². The summed E-state index contributed by atoms with van der Waals surface area (Å²) in [5.41, 5.74) is 0. The van der Waals surface area contributed by atoms with E-state index >= 15 is 0 Å². The van der Waals surface area contributed by atoms with Gasteiger partial charge in [0.2, 0.25) is 17.7 Å². The molecule has 3 fully saturated rings. The highest BCUT2D eigenvalue weighted by Crippen LogP contribution is 2.72. The van der Waals surface area contributed by atoms with Gasteiger partial charge in [0.15, 0.2) is 0 Å². The van der Waals surface area contributed by atoms with Crippen molar-refractivity contribution < 1.29 is 19.5 Å². The average Bonchev–Trinajstić information content (AvgIpc) is 3.40. The highest BCUT2D eigenvalue weighted by molar-refractivity contribution is 8.02. The van der Waals surface area contributed by atoms with Crippen LogP contribution < -0.4 is 0 Å². The number of thioether (sulfide) groups is 1. The Morgan fingerprint density at radius 3 is 2.44 bits per heavy atom. The number of unbranched alkanes of at least 4 members (excludes halogenated alkanes) is 1. The highest BCUT2D eigenvalue weighted by atomic mass is 32.2. The first kappa shape index (κ1) is 28.8. The summed E-state index contributed by atoms with van der Waals surface area (Å²) in [4.78, 5) is 47.5. The van der Waals surface area contributed by atoms with Crippen molar-refractivity contribution in [3.8, 4) is 0 Å². The van der Waals surface area contributed by atoms with Crippen LogP contribution in [0, 0.1) is 17.8 Å². The molecule has 1 spiro atoms. The summed E-state index contributed by atoms with van der Waals surface area (Å²) in [6.07, 6.45) is 7.33. The number of carbonyl (C=O) groups is 3. The molecule has 0 radical (unpaired) electrons. The molecule has 0 aromatic rings. The van der Waals surface area contributed by atoms with Gasteiger partial charge in [0.25, 0.3) is 0 Å². The minimum absolute atomic E-state index is 0.0591. The quantitative estimate of drug-likeness (QED) is 0.378. The summed E-state index contributed by atoms with van der Waals surface area (Å²) in [6.45, 7) is 17.1. The van der Waals surface area contributed by atoms with Gasteiger partial charge in [-0.1, -0.05) is 39.3 Å². The van der Waals surface area contributed by atoms with E-state index in [2.05, 4.69) is 40.9 Å². The zero-order valence-corrected chi connectivity index (χ0v) is 23.6. The van der Waals surface area contributed by atoms with Crippen LogP contribution in [0.4, 0.5) is 0 Å². The number of rotatable bonds is 13. The van der Waals surface area contributed by atoms with E-state index in [9.17, 15) is 19.5 Å². The molecule has 0 aromatic heterocycles. The lowest BCUT2D eigenvalue weighted by atomic mass is 9.66. The van der Waals surface area contributed by atoms with E-state index < -0.39 is 33.4 Å². The number of aliphatic hydroxyl groups excluding tert-OH is 1. The topological polar surface area (TPSA) is 81.2 Å². The van der Waals surface area contributed by atoms with Crippen molar-refractivity contribution in [1.82, 2.24) is 14.7 Å². The van der Waals surface area contributed by atoms with Gasteiger partial charge in [0.05, 0.1) is 29.2 Å². The number of amides is 3. The number of likely N-dealkylation sites (tertiary alicyclic amines) is 1. The predicted molar refractivity (Wildman–Crippen MR) is 145 cm³/mol. The predicted octanol–water partition coefficient (Wildman–Crippen LogP) is 3.33. The molecule has 0 saturated carbocycles. The lowest BCUT2D eigenvalue weighted by Gasteiger charge is -2.40. The van der Waals surface area contributed by atoms with Crippen molar-refractivity contribution in [2.45, 2.75) is 81.4 Å². The summed E-state index contributed by atoms with van der Waals surface area (Å²) in [5, 5.41) is 10.4. The van der Waals surface area contributed by atoms with Gasteiger partial charge in [-0.05, 0) is 38.5 Å². The van der Waals surface area contributed by atoms with E-state index in [0.29, 0.717) is 32.5 Å². The fraction of sp³-hybridized carbons (Fsp3) is 0.750. The van der Waals surface area contributed by atoms with E-state index in [1.165, 1.54) is 0 Å². The van der Waals surface area contributed by atoms with E-state index in [4.69, 9.17) is 0 Å². The number of aliphatic hydroxyl groups is 1. The number of likely N-dealkylation sites (N-methyl/N-ethyl adjacent to an activating group) is 1. The molecular weight excluding hydrogens is 474 g/mol. The van der Waals surface area contributed by atoms with Crippen molar-refractivity contribution in [3.63, 3.8) is 0 Å². The van der Waals surface area contributed by atoms with Gasteiger partial charge in [0.1, 0.15) is 6.04 Å². The first-order valence-corrected chi connectivity index (χ1v) is 14.2. The number of hydrogen-bond donors (Lipinski definition) is 1. The monoisotopic (exact) mass is 519 g/mol. The van der Waals surface area contributed by atoms with E-state index in [1.807, 2.05) is 4.90 Å². The Morgan fingerprint density at radius 1 is 1.22 bits per heavy atom. The number of hydrogen-bond acceptors (Lipinski definition) is 5. The molecule has 6 atom stereocenters. The molecule has 3 amide bonds. The van der Waals surface area contributed by atoms with Crippen molar-refractivity contribution in [2.24, 2.45) is 17.8 Å². The molecule has 0 aliphatic carbocycles. The van der Waals surface area contributed by atoms with E-state index in [1.54, 1.807) is 40.8 Å². The second-order valence-corrected chi connectivity index (χ2v) is 13.3. The first-order chi connectivity index (χ1) is 17.0. The average molecular weight is 520 g/mol. The fourth-order valence-electron chi connectivity index (χ4n) is 6.72. The van der Waals surface area contributed by atoms with Gasteiger partial charge in [-0.25, -0.2) is 0 Å². The maximum atomic E-state index is 14.3. The third-order valence-electron chi connectivity index (χ3n) is 8.28. The van der Waals surface area contributed by atoms with Gasteiger partial charge < -0.3 is 19.8 Å². The van der Waals surface area contributed by atoms with Gasteiger partial charge in [-0.3, -0.25) is 14.4 Å². The van der Waals surface area contributed by atoms with Gasteiger partial charge in [-0.15, -0.1) is 24.9 Å². The Morgan fingerprint density at radius 2 is 1.89 bits per heavy atom. The van der Waals surface area contributed by atoms with Crippen molar-refractivity contribution in [3.05, 3.63) is 25.3 Å². The molecule has 3 saturated heterocycles. The normalized spacial score (nSPS) is 31.5. The Balaban J connectivity index is 2.12. The maximum Gasteiger partial charge on any atom is 0.247 e. The fourth-order valence-corrected chi connectivity index (χ4v) is 9.05. The molecule has 3 aliphatic rings. The molecule has 8 heteroatoms. The first-order valence-electron chi connectivity index (χ1n) is 13.4. The van der Waals surface area contributed by atoms with Crippen LogP contribution in [-0.4, -0.2) is 92.4 Å². The van der Waals surface area contributed by atoms with Crippen LogP contribution in [0.15, 0.2) is 25.3 Å². The Bertz CT molecular complexity index is 879. The molecule has 3 heterocycles. The molecule has 2 bridgehead atoms. The maximum absolute atomic E-state index is 14.3. The Kier molecular flexibility index (Phi) is 9.03. The van der Waals surface area contributed by atoms with Crippen LogP contribution in [0.25, 0.3) is 0 Å². The third kappa shape index (κ3) is 4.75. The smallest absolute Gasteiger partial charge is 0.247 e. The van der Waals surface area contributed by atoms with Gasteiger partial charge in [-0.2, -0.15) is 0 Å². The summed E-state index contributed by atoms with van der Waals surface area (Å²) in [5.74, 6) is -1.13. The molecule has 0 aromatic carbocycles. The lowest BCUT2D eigenvalue weighted by Crippen LogP contribution is -2.57. The summed E-state index contributed by atoms with van der Waals surface area (Å²) in [7, 11) is 1.75. The van der Waals surface area contributed by atoms with E-state index in [-0.39, 0.29) is 30.2 Å². The third-order valence-corrected chi connectivity index (χ3v) is 10.3. The molecule has 36 heavy (non-hydrogen) atoms. The van der Waals surface area contributed by atoms with Crippen LogP contribution in [0.2, 0.25) is 0 Å². The van der Waals surface area contributed by atoms with Gasteiger partial charge in [0, 0.05) is 31.4 Å². The van der Waals surface area contributed by atoms with Crippen molar-refractivity contribution >= 4 is 29.5 Å². The Hall–Kier alpha value is -1.80. The van der Waals surface area contributed by atoms with Crippen molar-refractivity contribution in [2.75, 3.05) is 33.3 Å². The molecule has 2 unspecified atom stereocenters. The zero-order valence-electron chi connectivity index (χ0n) is 22.7. The molecule has 3 rings (SSSR count). The van der Waals surface area contributed by atoms with Gasteiger partial charge >= 0.3 is 0 Å². The highest BCUT2D eigenvalue weighted by Gasteiger charge is 2.77. The molecular formula is C28H45N3O4S. The second-order valence-electron chi connectivity index (χ2n) is 11.4. The van der Waals surface area contributed by atoms with Crippen LogP contribution in [0.1, 0.15) is 59.8 Å². The molecule has 1 N–H and O–H groups in total. The molecule has 202 valence electrons. The standard InChI is InChI=1S/C28H45N3O4S/c1-8-11-16-30(15-10-3)26(35)23-28-13-12-27(6,36-28)21(24(33)29(7)14-9-2)22(28)25(34)31(23)20(18-32)17-19(4)5/h9-10,19-23,32H,2-3,8,11-18H2,1,4-7H3/t20-,21+,22+,23?,27-,28?/m1/s1. The van der Waals surface area contributed by atoms with Crippen LogP contribution in [0.3, 0.4) is 0 Å². The van der Waals surface area contributed by atoms with Crippen molar-refractivity contribution in [1.29, 1.82) is 0 Å². The minimum atomic E-state index is -0.697. The lowest BCUT2D eigenvalue weighted by molar-refractivity contribution is -0.147. The summed E-state index contributed by atoms with van der Waals surface area (Å²) >= 11 is 1.68. The number of fused-ring (bicyclic) bond motifs is 1. The Labute approximate surface area is 221 Å². The second kappa shape index (κ2) is 11.3. The summed E-state index contributed by atoms with van der Waals surface area (Å²) < 4.78 is -1.08. The number of carbonyl (C=O) groups excluding carboxylic acids is 3. The van der Waals surface area contributed by atoms with Crippen LogP contribution in [0.5, 0.6) is 0 Å². The zero-order chi connectivity index (χ0) is 26.8. The largest absolute Gasteiger partial charge is 0.394 e. The molecule has 7 nitrogen and oxygen atoms in total. The summed E-state index contributed by atoms with van der Waals surface area (Å²) in [6, 6.07) is -1.16. The van der Waals surface area contributed by atoms with E-state index in [0.717, 1.165) is 19.3 Å². The minimum Gasteiger partial charge on any atom is -0.394 e. The van der Waals surface area contributed by atoms with Crippen LogP contribution >= 0.6 is 11.8 Å².